The summed E-state index contributed by atoms with van der Waals surface area (Å²) in [6.07, 6.45) is 0.989. The van der Waals surface area contributed by atoms with Crippen LogP contribution in [-0.2, 0) is 16.7 Å². The first kappa shape index (κ1) is 36.0. The summed E-state index contributed by atoms with van der Waals surface area (Å²) in [5, 5.41) is 0. The van der Waals surface area contributed by atoms with Gasteiger partial charge in [-0.15, -0.1) is 0 Å². The number of fused-ring (bicyclic) bond motifs is 3. The second kappa shape index (κ2) is 14.8. The predicted molar refractivity (Wildman–Crippen MR) is 228 cm³/mol. The largest absolute Gasteiger partial charge is 0.328 e. The number of hydrogen-bond donors (Lipinski definition) is 1. The Kier molecular flexibility index (Phi) is 9.36. The van der Waals surface area contributed by atoms with Crippen LogP contribution in [-0.4, -0.2) is 48.2 Å². The third-order valence-corrected chi connectivity index (χ3v) is 11.1. The fourth-order valence-electron chi connectivity index (χ4n) is 7.45. The molecule has 0 atom stereocenters. The minimum Gasteiger partial charge on any atom is -0.328 e. The van der Waals surface area contributed by atoms with E-state index in [9.17, 15) is 8.42 Å². The van der Waals surface area contributed by atoms with Crippen LogP contribution in [0.5, 0.6) is 0 Å². The summed E-state index contributed by atoms with van der Waals surface area (Å²) in [6, 6.07) is 47.2. The van der Waals surface area contributed by atoms with E-state index in [1.807, 2.05) is 55.5 Å². The molecule has 9 nitrogen and oxygen atoms in total. The van der Waals surface area contributed by atoms with Gasteiger partial charge in [0.25, 0.3) is 10.1 Å². The van der Waals surface area contributed by atoms with Crippen molar-refractivity contribution in [2.24, 2.45) is 0 Å². The maximum atomic E-state index is 11.2. The molecule has 0 radical (unpaired) electrons. The van der Waals surface area contributed by atoms with Gasteiger partial charge in [0, 0.05) is 28.8 Å². The van der Waals surface area contributed by atoms with E-state index in [0.717, 1.165) is 101 Å². The normalized spacial score (nSPS) is 11.8. The molecule has 0 saturated carbocycles. The van der Waals surface area contributed by atoms with Gasteiger partial charge >= 0.3 is 0 Å². The Balaban J connectivity index is 1.08. The van der Waals surface area contributed by atoms with Gasteiger partial charge in [-0.3, -0.25) is 4.55 Å². The Hall–Kier alpha value is -6.62. The molecule has 57 heavy (non-hydrogen) atoms. The Morgan fingerprint density at radius 3 is 1.49 bits per heavy atom. The van der Waals surface area contributed by atoms with Crippen molar-refractivity contribution in [3.05, 3.63) is 151 Å². The molecule has 1 N–H and O–H groups in total. The van der Waals surface area contributed by atoms with Gasteiger partial charge in [-0.25, -0.2) is 24.9 Å². The first-order valence-corrected chi connectivity index (χ1v) is 20.5. The number of unbranched alkanes of at least 4 members (excludes halogenated alkanes) is 1. The summed E-state index contributed by atoms with van der Waals surface area (Å²) in [5.74, 6) is 0.605. The van der Waals surface area contributed by atoms with Crippen molar-refractivity contribution < 1.29 is 13.0 Å². The Labute approximate surface area is 330 Å². The molecular weight excluding hydrogens is 729 g/mol. The number of imidazole rings is 1. The van der Waals surface area contributed by atoms with E-state index in [4.69, 9.17) is 29.5 Å². The fraction of sp³-hybridized carbons (Fsp3) is 0.128. The molecule has 9 rings (SSSR count). The summed E-state index contributed by atoms with van der Waals surface area (Å²) in [5.41, 5.74) is 15.4. The zero-order valence-electron chi connectivity index (χ0n) is 31.5. The maximum Gasteiger partial charge on any atom is 0.264 e. The number of nitrogens with zero attached hydrogens (tertiary/aromatic N) is 6. The van der Waals surface area contributed by atoms with Crippen LogP contribution in [0, 0.1) is 13.8 Å². The number of benzene rings is 6. The van der Waals surface area contributed by atoms with Crippen molar-refractivity contribution in [2.45, 2.75) is 33.2 Å². The highest BCUT2D eigenvalue weighted by atomic mass is 32.2. The van der Waals surface area contributed by atoms with Crippen LogP contribution in [0.3, 0.4) is 0 Å². The molecule has 0 unspecified atom stereocenters. The summed E-state index contributed by atoms with van der Waals surface area (Å²) in [7, 11) is -3.97. The number of aryl methyl sites for hydroxylation is 3. The van der Waals surface area contributed by atoms with Crippen LogP contribution < -0.4 is 0 Å². The Morgan fingerprint density at radius 1 is 0.474 bits per heavy atom. The molecule has 0 spiro atoms. The van der Waals surface area contributed by atoms with Crippen LogP contribution in [0.2, 0.25) is 0 Å². The second-order valence-electron chi connectivity index (χ2n) is 14.4. The lowest BCUT2D eigenvalue weighted by molar-refractivity contribution is 0.478. The second-order valence-corrected chi connectivity index (χ2v) is 15.9. The third kappa shape index (κ3) is 7.40. The van der Waals surface area contributed by atoms with Crippen molar-refractivity contribution in [1.29, 1.82) is 0 Å². The predicted octanol–water partition coefficient (Wildman–Crippen LogP) is 10.5. The highest BCUT2D eigenvalue weighted by Gasteiger charge is 2.18. The Bertz CT molecular complexity index is 3060. The summed E-state index contributed by atoms with van der Waals surface area (Å²) >= 11 is 0. The van der Waals surface area contributed by atoms with Crippen molar-refractivity contribution in [3.8, 4) is 56.2 Å². The molecule has 9 aromatic rings. The average Bonchev–Trinajstić information content (AvgIpc) is 3.55. The fourth-order valence-corrected chi connectivity index (χ4v) is 8.02. The first-order chi connectivity index (χ1) is 27.7. The highest BCUT2D eigenvalue weighted by molar-refractivity contribution is 7.85. The molecule has 10 heteroatoms. The van der Waals surface area contributed by atoms with Crippen molar-refractivity contribution in [2.75, 3.05) is 5.75 Å². The van der Waals surface area contributed by atoms with Crippen LogP contribution in [0.15, 0.2) is 140 Å². The van der Waals surface area contributed by atoms with Gasteiger partial charge in [-0.1, -0.05) is 103 Å². The van der Waals surface area contributed by atoms with E-state index in [1.54, 1.807) is 0 Å². The number of aromatic nitrogens is 6. The lowest BCUT2D eigenvalue weighted by Gasteiger charge is -2.13. The van der Waals surface area contributed by atoms with Crippen LogP contribution in [0.4, 0.5) is 0 Å². The first-order valence-electron chi connectivity index (χ1n) is 18.9. The zero-order valence-corrected chi connectivity index (χ0v) is 32.3. The average molecular weight is 767 g/mol. The topological polar surface area (TPSA) is 124 Å². The minimum atomic E-state index is -3.97. The maximum absolute atomic E-state index is 11.2. The molecule has 0 aliphatic rings. The molecule has 0 amide bonds. The molecular formula is C47H38N6O3S. The third-order valence-electron chi connectivity index (χ3n) is 10.3. The molecule has 3 aromatic heterocycles. The van der Waals surface area contributed by atoms with E-state index in [1.165, 1.54) is 0 Å². The van der Waals surface area contributed by atoms with Crippen LogP contribution in [0.1, 0.15) is 24.2 Å². The van der Waals surface area contributed by atoms with Gasteiger partial charge in [0.15, 0.2) is 0 Å². The molecule has 0 aliphatic heterocycles. The minimum absolute atomic E-state index is 0.245. The van der Waals surface area contributed by atoms with Gasteiger partial charge in [0.1, 0.15) is 5.82 Å². The molecule has 0 saturated heterocycles. The van der Waals surface area contributed by atoms with Crippen molar-refractivity contribution >= 4 is 43.2 Å². The lowest BCUT2D eigenvalue weighted by atomic mass is 9.99. The van der Waals surface area contributed by atoms with Gasteiger partial charge in [-0.2, -0.15) is 8.42 Å². The monoisotopic (exact) mass is 766 g/mol. The number of rotatable bonds is 10. The van der Waals surface area contributed by atoms with E-state index in [-0.39, 0.29) is 5.75 Å². The summed E-state index contributed by atoms with van der Waals surface area (Å²) in [4.78, 5) is 25.5. The summed E-state index contributed by atoms with van der Waals surface area (Å²) < 4.78 is 33.5. The standard InChI is InChI=1S/C47H38N6O3S/c1-30-15-22-38-40(27-30)51-44(32-11-5-3-6-12-32)46(49-38)34-16-18-35(19-17-34)47-45(33-13-7-4-8-14-33)52-41-28-36(20-23-39(41)50-47)37-21-24-43-42(29-37)48-31(2)53(43)25-9-10-26-57(54,55)56/h3-8,11-24,27-29H,9-10,25-26H2,1-2H3,(H,54,55,56). The summed E-state index contributed by atoms with van der Waals surface area (Å²) in [6.45, 7) is 4.63. The molecule has 0 bridgehead atoms. The van der Waals surface area contributed by atoms with E-state index in [2.05, 4.69) is 102 Å². The van der Waals surface area contributed by atoms with E-state index >= 15 is 0 Å². The Morgan fingerprint density at radius 2 is 0.930 bits per heavy atom. The lowest BCUT2D eigenvalue weighted by Crippen LogP contribution is -2.06. The smallest absolute Gasteiger partial charge is 0.264 e. The molecule has 0 fully saturated rings. The van der Waals surface area contributed by atoms with Gasteiger partial charge < -0.3 is 4.57 Å². The SMILES string of the molecule is Cc1ccc2nc(-c3ccc(-c4nc5ccc(-c6ccc7c(c6)nc(C)n7CCCCS(=O)(=O)O)cc5nc4-c4ccccc4)cc3)c(-c3ccccc3)nc2c1. The van der Waals surface area contributed by atoms with Crippen molar-refractivity contribution in [3.63, 3.8) is 0 Å². The quantitative estimate of drug-likeness (QED) is 0.108. The molecule has 3 heterocycles. The highest BCUT2D eigenvalue weighted by Crippen LogP contribution is 2.36. The van der Waals surface area contributed by atoms with Crippen LogP contribution in [0.25, 0.3) is 89.3 Å². The van der Waals surface area contributed by atoms with Gasteiger partial charge in [0.05, 0.1) is 61.6 Å². The van der Waals surface area contributed by atoms with Crippen molar-refractivity contribution in [1.82, 2.24) is 29.5 Å². The zero-order chi connectivity index (χ0) is 39.1. The number of hydrogen-bond acceptors (Lipinski definition) is 7. The molecule has 0 aliphatic carbocycles. The van der Waals surface area contributed by atoms with Gasteiger partial charge in [0.2, 0.25) is 0 Å². The van der Waals surface area contributed by atoms with Crippen LogP contribution >= 0.6 is 0 Å². The van der Waals surface area contributed by atoms with E-state index < -0.39 is 10.1 Å². The van der Waals surface area contributed by atoms with Gasteiger partial charge in [-0.05, 0) is 79.8 Å². The molecule has 6 aromatic carbocycles. The van der Waals surface area contributed by atoms with E-state index in [0.29, 0.717) is 19.4 Å². The molecule has 280 valence electrons.